The first kappa shape index (κ1) is 18.8. The van der Waals surface area contributed by atoms with Crippen LogP contribution in [0, 0.1) is 5.82 Å². The lowest BCUT2D eigenvalue weighted by molar-refractivity contribution is 0.00783. The quantitative estimate of drug-likeness (QED) is 0.701. The number of rotatable bonds is 7. The molecule has 0 N–H and O–H groups in total. The van der Waals surface area contributed by atoms with Crippen molar-refractivity contribution in [3.05, 3.63) is 48.2 Å². The van der Waals surface area contributed by atoms with E-state index in [4.69, 9.17) is 4.74 Å². The molecule has 0 aliphatic carbocycles. The smallest absolute Gasteiger partial charge is 0.261 e. The fourth-order valence-corrected chi connectivity index (χ4v) is 3.16. The molecule has 7 heteroatoms. The summed E-state index contributed by atoms with van der Waals surface area (Å²) in [6.45, 7) is 2.19. The molecule has 1 aliphatic heterocycles. The predicted octanol–water partition coefficient (Wildman–Crippen LogP) is 3.74. The summed E-state index contributed by atoms with van der Waals surface area (Å²) in [5.41, 5.74) is 1.46. The van der Waals surface area contributed by atoms with Crippen molar-refractivity contribution in [2.75, 3.05) is 32.8 Å². The van der Waals surface area contributed by atoms with Crippen molar-refractivity contribution in [2.45, 2.75) is 25.2 Å². The Morgan fingerprint density at radius 1 is 1.19 bits per heavy atom. The molecular weight excluding hydrogens is 343 g/mol. The van der Waals surface area contributed by atoms with E-state index in [0.717, 1.165) is 43.0 Å². The third-order valence-electron chi connectivity index (χ3n) is 4.54. The molecule has 4 nitrogen and oxygen atoms in total. The highest BCUT2D eigenvalue weighted by Gasteiger charge is 2.22. The summed E-state index contributed by atoms with van der Waals surface area (Å²) >= 11 is 0. The van der Waals surface area contributed by atoms with E-state index in [0.29, 0.717) is 13.2 Å². The van der Waals surface area contributed by atoms with E-state index in [1.54, 1.807) is 18.3 Å². The molecule has 2 heterocycles. The van der Waals surface area contributed by atoms with Crippen LogP contribution in [0.5, 0.6) is 0 Å². The van der Waals surface area contributed by atoms with Gasteiger partial charge in [0.1, 0.15) is 18.2 Å². The van der Waals surface area contributed by atoms with Gasteiger partial charge >= 0.3 is 0 Å². The number of nitrogens with zero attached hydrogens (tertiary/aromatic N) is 3. The van der Waals surface area contributed by atoms with Gasteiger partial charge in [-0.15, -0.1) is 0 Å². The Morgan fingerprint density at radius 3 is 2.73 bits per heavy atom. The average molecular weight is 365 g/mol. The summed E-state index contributed by atoms with van der Waals surface area (Å²) in [6.07, 6.45) is 1.11. The van der Waals surface area contributed by atoms with Crippen LogP contribution < -0.4 is 0 Å². The molecule has 1 aliphatic rings. The van der Waals surface area contributed by atoms with Gasteiger partial charge in [0.05, 0.1) is 12.3 Å². The minimum absolute atomic E-state index is 0.252. The Kier molecular flexibility index (Phi) is 6.57. The summed E-state index contributed by atoms with van der Waals surface area (Å²) in [7, 11) is 0. The Labute approximate surface area is 151 Å². The van der Waals surface area contributed by atoms with Gasteiger partial charge in [0.2, 0.25) is 0 Å². The lowest BCUT2D eigenvalue weighted by atomic mass is 9.95. The first-order valence-electron chi connectivity index (χ1n) is 8.79. The molecule has 140 valence electrons. The molecule has 3 rings (SSSR count). The minimum Gasteiger partial charge on any atom is -0.374 e. The summed E-state index contributed by atoms with van der Waals surface area (Å²) in [5.74, 6) is 0.743. The number of hydrogen-bond acceptors (Lipinski definition) is 4. The topological polar surface area (TPSA) is 38.2 Å². The lowest BCUT2D eigenvalue weighted by Crippen LogP contribution is -2.36. The van der Waals surface area contributed by atoms with Crippen LogP contribution in [-0.2, 0) is 4.74 Å². The Hall–Kier alpha value is -1.99. The molecule has 0 saturated carbocycles. The maximum atomic E-state index is 13.4. The summed E-state index contributed by atoms with van der Waals surface area (Å²) in [6, 6.07) is 8.16. The Morgan fingerprint density at radius 2 is 2.00 bits per heavy atom. The maximum Gasteiger partial charge on any atom is 0.261 e. The molecule has 0 spiro atoms. The largest absolute Gasteiger partial charge is 0.374 e. The molecule has 1 saturated heterocycles. The summed E-state index contributed by atoms with van der Waals surface area (Å²) < 4.78 is 42.4. The number of benzene rings is 1. The van der Waals surface area contributed by atoms with Crippen LogP contribution in [0.4, 0.5) is 13.2 Å². The van der Waals surface area contributed by atoms with Crippen LogP contribution in [0.15, 0.2) is 36.5 Å². The van der Waals surface area contributed by atoms with Gasteiger partial charge in [0.15, 0.2) is 0 Å². The number of likely N-dealkylation sites (tertiary alicyclic amines) is 1. The lowest BCUT2D eigenvalue weighted by Gasteiger charge is -2.31. The van der Waals surface area contributed by atoms with E-state index >= 15 is 0 Å². The molecule has 0 radical (unpaired) electrons. The van der Waals surface area contributed by atoms with Gasteiger partial charge in [-0.25, -0.2) is 23.1 Å². The molecule has 0 amide bonds. The van der Waals surface area contributed by atoms with Crippen molar-refractivity contribution >= 4 is 0 Å². The zero-order valence-electron chi connectivity index (χ0n) is 14.5. The normalized spacial score (nSPS) is 16.3. The highest BCUT2D eigenvalue weighted by Crippen LogP contribution is 2.27. The standard InChI is InChI=1S/C19H22F3N3O/c20-16-3-1-2-15(12-16)17-4-7-23-19(24-17)14-5-8-25(9-6-14)10-11-26-13-18(21)22/h1-4,7,12,14,18H,5-6,8-11,13H2. The van der Waals surface area contributed by atoms with E-state index in [-0.39, 0.29) is 11.7 Å². The van der Waals surface area contributed by atoms with Gasteiger partial charge in [-0.1, -0.05) is 12.1 Å². The summed E-state index contributed by atoms with van der Waals surface area (Å²) in [5, 5.41) is 0. The first-order chi connectivity index (χ1) is 12.6. The number of alkyl halides is 2. The molecule has 1 fully saturated rings. The maximum absolute atomic E-state index is 13.4. The van der Waals surface area contributed by atoms with Gasteiger partial charge in [0, 0.05) is 24.2 Å². The number of halogens is 3. The van der Waals surface area contributed by atoms with Crippen LogP contribution >= 0.6 is 0 Å². The second kappa shape index (κ2) is 9.09. The molecule has 0 bridgehead atoms. The van der Waals surface area contributed by atoms with Gasteiger partial charge in [0.25, 0.3) is 6.43 Å². The van der Waals surface area contributed by atoms with Crippen LogP contribution in [0.3, 0.4) is 0 Å². The van der Waals surface area contributed by atoms with Crippen LogP contribution in [-0.4, -0.2) is 54.1 Å². The van der Waals surface area contributed by atoms with E-state index in [9.17, 15) is 13.2 Å². The zero-order valence-corrected chi connectivity index (χ0v) is 14.5. The monoisotopic (exact) mass is 365 g/mol. The van der Waals surface area contributed by atoms with Crippen molar-refractivity contribution < 1.29 is 17.9 Å². The SMILES string of the molecule is Fc1cccc(-c2ccnc(C3CCN(CCOCC(F)F)CC3)n2)c1. The van der Waals surface area contributed by atoms with Gasteiger partial charge in [-0.05, 0) is 44.1 Å². The number of ether oxygens (including phenoxy) is 1. The third-order valence-corrected chi connectivity index (χ3v) is 4.54. The molecular formula is C19H22F3N3O. The van der Waals surface area contributed by atoms with E-state index < -0.39 is 13.0 Å². The Bertz CT molecular complexity index is 706. The van der Waals surface area contributed by atoms with Gasteiger partial charge in [-0.3, -0.25) is 0 Å². The van der Waals surface area contributed by atoms with Gasteiger partial charge in [-0.2, -0.15) is 0 Å². The summed E-state index contributed by atoms with van der Waals surface area (Å²) in [4.78, 5) is 11.2. The van der Waals surface area contributed by atoms with Crippen molar-refractivity contribution in [2.24, 2.45) is 0 Å². The molecule has 0 atom stereocenters. The minimum atomic E-state index is -2.41. The van der Waals surface area contributed by atoms with Gasteiger partial charge < -0.3 is 9.64 Å². The predicted molar refractivity (Wildman–Crippen MR) is 92.7 cm³/mol. The second-order valence-electron chi connectivity index (χ2n) is 6.39. The van der Waals surface area contributed by atoms with Crippen molar-refractivity contribution in [1.82, 2.24) is 14.9 Å². The number of hydrogen-bond donors (Lipinski definition) is 0. The number of piperidine rings is 1. The van der Waals surface area contributed by atoms with E-state index in [2.05, 4.69) is 14.9 Å². The van der Waals surface area contributed by atoms with Crippen LogP contribution in [0.25, 0.3) is 11.3 Å². The molecule has 2 aromatic rings. The van der Waals surface area contributed by atoms with E-state index in [1.807, 2.05) is 6.07 Å². The second-order valence-corrected chi connectivity index (χ2v) is 6.39. The fourth-order valence-electron chi connectivity index (χ4n) is 3.16. The molecule has 1 aromatic carbocycles. The third kappa shape index (κ3) is 5.25. The first-order valence-corrected chi connectivity index (χ1v) is 8.79. The molecule has 26 heavy (non-hydrogen) atoms. The van der Waals surface area contributed by atoms with Crippen LogP contribution in [0.2, 0.25) is 0 Å². The number of aromatic nitrogens is 2. The zero-order chi connectivity index (χ0) is 18.4. The van der Waals surface area contributed by atoms with E-state index in [1.165, 1.54) is 12.1 Å². The molecule has 1 aromatic heterocycles. The van der Waals surface area contributed by atoms with Crippen LogP contribution in [0.1, 0.15) is 24.6 Å². The van der Waals surface area contributed by atoms with Crippen molar-refractivity contribution in [3.8, 4) is 11.3 Å². The highest BCUT2D eigenvalue weighted by molar-refractivity contribution is 5.58. The Balaban J connectivity index is 1.54. The van der Waals surface area contributed by atoms with Crippen molar-refractivity contribution in [1.29, 1.82) is 0 Å². The van der Waals surface area contributed by atoms with Crippen molar-refractivity contribution in [3.63, 3.8) is 0 Å². The average Bonchev–Trinajstić information content (AvgIpc) is 2.66. The highest BCUT2D eigenvalue weighted by atomic mass is 19.3. The molecule has 0 unspecified atom stereocenters. The fraction of sp³-hybridized carbons (Fsp3) is 0.474.